The number of rotatable bonds is 1. The molecule has 1 heterocycles. The van der Waals surface area contributed by atoms with Crippen LogP contribution in [0.15, 0.2) is 11.9 Å². The van der Waals surface area contributed by atoms with Gasteiger partial charge in [0, 0.05) is 12.1 Å². The van der Waals surface area contributed by atoms with Crippen LogP contribution in [0.5, 0.6) is 0 Å². The maximum Gasteiger partial charge on any atom is 0.156 e. The molecule has 14 heavy (non-hydrogen) atoms. The van der Waals surface area contributed by atoms with Crippen LogP contribution in [0.3, 0.4) is 0 Å². The lowest BCUT2D eigenvalue weighted by atomic mass is 9.92. The van der Waals surface area contributed by atoms with Crippen LogP contribution in [0.25, 0.3) is 0 Å². The van der Waals surface area contributed by atoms with Crippen LogP contribution < -0.4 is 11.2 Å². The lowest BCUT2D eigenvalue weighted by Crippen LogP contribution is -2.59. The maximum atomic E-state index is 11.0. The molecule has 1 atom stereocenters. The van der Waals surface area contributed by atoms with Crippen molar-refractivity contribution in [3.05, 3.63) is 11.9 Å². The number of hydrazine groups is 1. The van der Waals surface area contributed by atoms with Crippen LogP contribution in [-0.2, 0) is 4.79 Å². The molecule has 0 aliphatic carbocycles. The molecule has 1 aliphatic heterocycles. The first-order valence-corrected chi connectivity index (χ1v) is 4.86. The van der Waals surface area contributed by atoms with Crippen molar-refractivity contribution in [1.29, 1.82) is 0 Å². The Balaban J connectivity index is 2.91. The molecule has 80 valence electrons. The fourth-order valence-corrected chi connectivity index (χ4v) is 1.85. The van der Waals surface area contributed by atoms with Gasteiger partial charge in [0.15, 0.2) is 5.78 Å². The molecule has 0 spiro atoms. The summed E-state index contributed by atoms with van der Waals surface area (Å²) in [5.41, 5.74) is -0.105. The number of nitrogens with zero attached hydrogens (tertiary/aromatic N) is 1. The molecule has 4 nitrogen and oxygen atoms in total. The SMILES string of the molecule is CC(=O)/C=C1\N[C@@H](C)CC(C)(C)N1N. The van der Waals surface area contributed by atoms with Crippen molar-refractivity contribution in [2.24, 2.45) is 5.84 Å². The molecule has 0 aromatic heterocycles. The predicted molar refractivity (Wildman–Crippen MR) is 56.1 cm³/mol. The quantitative estimate of drug-likeness (QED) is 0.481. The minimum Gasteiger partial charge on any atom is -0.368 e. The van der Waals surface area contributed by atoms with Gasteiger partial charge in [-0.15, -0.1) is 0 Å². The van der Waals surface area contributed by atoms with Gasteiger partial charge in [0.1, 0.15) is 5.82 Å². The van der Waals surface area contributed by atoms with E-state index in [1.165, 1.54) is 13.0 Å². The summed E-state index contributed by atoms with van der Waals surface area (Å²) in [6.45, 7) is 7.74. The number of allylic oxidation sites excluding steroid dienone is 1. The number of nitrogens with two attached hydrogens (primary N) is 1. The van der Waals surface area contributed by atoms with Crippen molar-refractivity contribution in [3.63, 3.8) is 0 Å². The molecule has 4 heteroatoms. The zero-order valence-electron chi connectivity index (χ0n) is 9.29. The monoisotopic (exact) mass is 197 g/mol. The molecule has 0 radical (unpaired) electrons. The highest BCUT2D eigenvalue weighted by atomic mass is 16.1. The van der Waals surface area contributed by atoms with Crippen molar-refractivity contribution in [2.45, 2.75) is 45.7 Å². The number of nitrogens with one attached hydrogen (secondary N) is 1. The summed E-state index contributed by atoms with van der Waals surface area (Å²) in [6, 6.07) is 0.343. The summed E-state index contributed by atoms with van der Waals surface area (Å²) in [6.07, 6.45) is 2.50. The second-order valence-corrected chi connectivity index (χ2v) is 4.57. The van der Waals surface area contributed by atoms with E-state index in [2.05, 4.69) is 26.1 Å². The van der Waals surface area contributed by atoms with Crippen molar-refractivity contribution < 1.29 is 4.79 Å². The zero-order chi connectivity index (χ0) is 10.9. The average molecular weight is 197 g/mol. The van der Waals surface area contributed by atoms with E-state index in [4.69, 9.17) is 5.84 Å². The van der Waals surface area contributed by atoms with E-state index in [0.717, 1.165) is 6.42 Å². The molecule has 0 bridgehead atoms. The van der Waals surface area contributed by atoms with Crippen molar-refractivity contribution in [1.82, 2.24) is 10.3 Å². The molecule has 1 rings (SSSR count). The smallest absolute Gasteiger partial charge is 0.156 e. The van der Waals surface area contributed by atoms with Gasteiger partial charge in [-0.05, 0) is 34.1 Å². The van der Waals surface area contributed by atoms with Gasteiger partial charge in [0.05, 0.1) is 5.54 Å². The Hall–Kier alpha value is -1.03. The topological polar surface area (TPSA) is 58.4 Å². The molecule has 1 saturated heterocycles. The molecule has 0 aromatic carbocycles. The van der Waals surface area contributed by atoms with Gasteiger partial charge in [-0.3, -0.25) is 9.80 Å². The summed E-state index contributed by atoms with van der Waals surface area (Å²) < 4.78 is 0. The summed E-state index contributed by atoms with van der Waals surface area (Å²) in [7, 11) is 0. The van der Waals surface area contributed by atoms with Gasteiger partial charge >= 0.3 is 0 Å². The first-order chi connectivity index (χ1) is 6.33. The van der Waals surface area contributed by atoms with E-state index < -0.39 is 0 Å². The Kier molecular flexibility index (Phi) is 2.85. The Morgan fingerprint density at radius 2 is 2.29 bits per heavy atom. The maximum absolute atomic E-state index is 11.0. The molecule has 3 N–H and O–H groups in total. The fourth-order valence-electron chi connectivity index (χ4n) is 1.85. The van der Waals surface area contributed by atoms with Gasteiger partial charge in [0.2, 0.25) is 0 Å². The minimum absolute atomic E-state index is 0.00727. The molecule has 1 fully saturated rings. The van der Waals surface area contributed by atoms with Crippen LogP contribution in [0.1, 0.15) is 34.1 Å². The normalized spacial score (nSPS) is 28.8. The van der Waals surface area contributed by atoms with Crippen LogP contribution >= 0.6 is 0 Å². The Morgan fingerprint density at radius 3 is 2.79 bits per heavy atom. The van der Waals surface area contributed by atoms with Crippen molar-refractivity contribution in [2.75, 3.05) is 0 Å². The van der Waals surface area contributed by atoms with Gasteiger partial charge in [-0.1, -0.05) is 0 Å². The molecular weight excluding hydrogens is 178 g/mol. The lowest BCUT2D eigenvalue weighted by Gasteiger charge is -2.45. The van der Waals surface area contributed by atoms with Crippen LogP contribution in [0, 0.1) is 0 Å². The van der Waals surface area contributed by atoms with Crippen molar-refractivity contribution >= 4 is 5.78 Å². The zero-order valence-corrected chi connectivity index (χ0v) is 9.29. The van der Waals surface area contributed by atoms with Crippen molar-refractivity contribution in [3.8, 4) is 0 Å². The second kappa shape index (κ2) is 3.61. The largest absolute Gasteiger partial charge is 0.368 e. The van der Waals surface area contributed by atoms with E-state index in [0.29, 0.717) is 11.9 Å². The number of hydrogen-bond donors (Lipinski definition) is 2. The Morgan fingerprint density at radius 1 is 1.71 bits per heavy atom. The molecule has 0 unspecified atom stereocenters. The summed E-state index contributed by atoms with van der Waals surface area (Å²) >= 11 is 0. The summed E-state index contributed by atoms with van der Waals surface area (Å²) in [5.74, 6) is 6.63. The Labute approximate surface area is 85.1 Å². The Bertz CT molecular complexity index is 271. The number of ketones is 1. The minimum atomic E-state index is -0.105. The van der Waals surface area contributed by atoms with Crippen LogP contribution in [-0.4, -0.2) is 22.4 Å². The fraction of sp³-hybridized carbons (Fsp3) is 0.700. The van der Waals surface area contributed by atoms with Gasteiger partial charge in [-0.25, -0.2) is 5.84 Å². The first-order valence-electron chi connectivity index (χ1n) is 4.86. The average Bonchev–Trinajstić information content (AvgIpc) is 1.97. The van der Waals surface area contributed by atoms with Crippen LogP contribution in [0.4, 0.5) is 0 Å². The van der Waals surface area contributed by atoms with E-state index in [9.17, 15) is 4.79 Å². The number of hydrogen-bond acceptors (Lipinski definition) is 4. The van der Waals surface area contributed by atoms with E-state index in [1.54, 1.807) is 5.01 Å². The van der Waals surface area contributed by atoms with E-state index in [1.807, 2.05) is 0 Å². The van der Waals surface area contributed by atoms with Gasteiger partial charge in [0.25, 0.3) is 0 Å². The molecule has 0 aromatic rings. The molecule has 0 saturated carbocycles. The number of carbonyl (C=O) groups excluding carboxylic acids is 1. The molecular formula is C10H19N3O. The third-order valence-electron chi connectivity index (χ3n) is 2.45. The molecule has 1 aliphatic rings. The van der Waals surface area contributed by atoms with E-state index >= 15 is 0 Å². The third kappa shape index (κ3) is 2.26. The summed E-state index contributed by atoms with van der Waals surface area (Å²) in [4.78, 5) is 11.0. The highest BCUT2D eigenvalue weighted by Gasteiger charge is 2.33. The first kappa shape index (κ1) is 11.0. The molecule has 0 amide bonds. The standard InChI is InChI=1S/C10H19N3O/c1-7-6-10(3,4)13(11)9(12-7)5-8(2)14/h5,7,12H,6,11H2,1-4H3/b9-5+/t7-/m0/s1. The van der Waals surface area contributed by atoms with Gasteiger partial charge in [-0.2, -0.15) is 0 Å². The summed E-state index contributed by atoms with van der Waals surface area (Å²) in [5, 5.41) is 4.83. The lowest BCUT2D eigenvalue weighted by molar-refractivity contribution is -0.112. The highest BCUT2D eigenvalue weighted by Crippen LogP contribution is 2.25. The third-order valence-corrected chi connectivity index (χ3v) is 2.45. The number of carbonyl (C=O) groups is 1. The highest BCUT2D eigenvalue weighted by molar-refractivity contribution is 5.87. The van der Waals surface area contributed by atoms with Crippen LogP contribution in [0.2, 0.25) is 0 Å². The van der Waals surface area contributed by atoms with E-state index in [-0.39, 0.29) is 11.3 Å². The van der Waals surface area contributed by atoms with Gasteiger partial charge < -0.3 is 5.32 Å². The second-order valence-electron chi connectivity index (χ2n) is 4.57. The predicted octanol–water partition coefficient (Wildman–Crippen LogP) is 0.753.